The molecule has 0 bridgehead atoms. The Hall–Kier alpha value is -1.12. The highest BCUT2D eigenvalue weighted by Gasteiger charge is 1.95. The Kier molecular flexibility index (Phi) is 7.38. The summed E-state index contributed by atoms with van der Waals surface area (Å²) in [7, 11) is 1.73. The number of nitrogens with one attached hydrogen (secondary N) is 1. The Balaban J connectivity index is 2.35. The molecule has 18 heavy (non-hydrogen) atoms. The van der Waals surface area contributed by atoms with Gasteiger partial charge in [-0.05, 0) is 43.0 Å². The molecule has 0 unspecified atom stereocenters. The lowest BCUT2D eigenvalue weighted by Crippen LogP contribution is -2.19. The molecule has 1 aromatic carbocycles. The largest absolute Gasteiger partial charge is 0.383 e. The smallest absolute Gasteiger partial charge is 0.0587 e. The maximum atomic E-state index is 4.98. The van der Waals surface area contributed by atoms with Crippen molar-refractivity contribution in [2.75, 3.05) is 26.8 Å². The van der Waals surface area contributed by atoms with Gasteiger partial charge in [-0.1, -0.05) is 37.3 Å². The van der Waals surface area contributed by atoms with Gasteiger partial charge in [-0.25, -0.2) is 0 Å². The van der Waals surface area contributed by atoms with Crippen molar-refractivity contribution in [1.29, 1.82) is 0 Å². The Morgan fingerprint density at radius 3 is 2.56 bits per heavy atom. The van der Waals surface area contributed by atoms with Gasteiger partial charge >= 0.3 is 0 Å². The lowest BCUT2D eigenvalue weighted by molar-refractivity contribution is 0.199. The molecule has 0 heterocycles. The zero-order chi connectivity index (χ0) is 13.2. The standard InChI is InChI=1S/C16H25NO/c1-4-15-7-9-16(10-8-15)14(2)6-5-11-17-12-13-18-3/h6-10,17H,4-5,11-13H2,1-3H3. The van der Waals surface area contributed by atoms with Crippen LogP contribution in [0.5, 0.6) is 0 Å². The molecule has 0 amide bonds. The first-order chi connectivity index (χ1) is 8.77. The Bertz CT molecular complexity index is 354. The lowest BCUT2D eigenvalue weighted by Gasteiger charge is -2.05. The second-order valence-corrected chi connectivity index (χ2v) is 4.47. The van der Waals surface area contributed by atoms with Gasteiger partial charge in [0.05, 0.1) is 6.61 Å². The van der Waals surface area contributed by atoms with Crippen LogP contribution in [0.3, 0.4) is 0 Å². The minimum Gasteiger partial charge on any atom is -0.383 e. The van der Waals surface area contributed by atoms with Gasteiger partial charge in [0, 0.05) is 13.7 Å². The second kappa shape index (κ2) is 8.90. The summed E-state index contributed by atoms with van der Waals surface area (Å²) in [6.07, 6.45) is 4.46. The fourth-order valence-corrected chi connectivity index (χ4v) is 1.81. The van der Waals surface area contributed by atoms with Crippen LogP contribution in [0.15, 0.2) is 30.3 Å². The third-order valence-electron chi connectivity index (χ3n) is 3.07. The molecule has 0 spiro atoms. The Labute approximate surface area is 111 Å². The minimum absolute atomic E-state index is 0.779. The van der Waals surface area contributed by atoms with Gasteiger partial charge in [-0.3, -0.25) is 0 Å². The molecule has 100 valence electrons. The molecule has 0 aliphatic rings. The summed E-state index contributed by atoms with van der Waals surface area (Å²) in [6, 6.07) is 8.85. The van der Waals surface area contributed by atoms with Gasteiger partial charge in [-0.15, -0.1) is 0 Å². The lowest BCUT2D eigenvalue weighted by atomic mass is 10.0. The molecule has 0 aliphatic carbocycles. The molecule has 2 nitrogen and oxygen atoms in total. The SMILES string of the molecule is CCc1ccc(C(C)=CCCNCCOC)cc1. The van der Waals surface area contributed by atoms with Crippen LogP contribution in [0.2, 0.25) is 0 Å². The summed E-state index contributed by atoms with van der Waals surface area (Å²) in [4.78, 5) is 0. The van der Waals surface area contributed by atoms with E-state index in [9.17, 15) is 0 Å². The average molecular weight is 247 g/mol. The van der Waals surface area contributed by atoms with Crippen molar-refractivity contribution in [3.05, 3.63) is 41.5 Å². The molecule has 0 radical (unpaired) electrons. The van der Waals surface area contributed by atoms with Crippen molar-refractivity contribution in [3.63, 3.8) is 0 Å². The maximum absolute atomic E-state index is 4.98. The maximum Gasteiger partial charge on any atom is 0.0587 e. The second-order valence-electron chi connectivity index (χ2n) is 4.47. The molecule has 0 saturated carbocycles. The quantitative estimate of drug-likeness (QED) is 0.712. The first-order valence-corrected chi connectivity index (χ1v) is 6.73. The Morgan fingerprint density at radius 2 is 1.94 bits per heavy atom. The number of hydrogen-bond donors (Lipinski definition) is 1. The topological polar surface area (TPSA) is 21.3 Å². The minimum atomic E-state index is 0.779. The third-order valence-corrected chi connectivity index (χ3v) is 3.07. The van der Waals surface area contributed by atoms with Crippen LogP contribution >= 0.6 is 0 Å². The number of methoxy groups -OCH3 is 1. The van der Waals surface area contributed by atoms with E-state index in [1.807, 2.05) is 0 Å². The van der Waals surface area contributed by atoms with E-state index in [4.69, 9.17) is 4.74 Å². The molecule has 0 atom stereocenters. The van der Waals surface area contributed by atoms with E-state index in [1.54, 1.807) is 7.11 Å². The zero-order valence-electron chi connectivity index (χ0n) is 11.8. The predicted octanol–water partition coefficient (Wildman–Crippen LogP) is 3.28. The highest BCUT2D eigenvalue weighted by Crippen LogP contribution is 2.15. The van der Waals surface area contributed by atoms with Crippen molar-refractivity contribution in [2.24, 2.45) is 0 Å². The van der Waals surface area contributed by atoms with Crippen molar-refractivity contribution >= 4 is 5.57 Å². The van der Waals surface area contributed by atoms with Crippen LogP contribution in [0, 0.1) is 0 Å². The molecule has 2 heteroatoms. The third kappa shape index (κ3) is 5.48. The first-order valence-electron chi connectivity index (χ1n) is 6.73. The average Bonchev–Trinajstić information content (AvgIpc) is 2.42. The molecule has 1 N–H and O–H groups in total. The number of allylic oxidation sites excluding steroid dienone is 1. The molecule has 1 aromatic rings. The zero-order valence-corrected chi connectivity index (χ0v) is 11.8. The summed E-state index contributed by atoms with van der Waals surface area (Å²) in [5.74, 6) is 0. The van der Waals surface area contributed by atoms with Gasteiger partial charge in [0.25, 0.3) is 0 Å². The van der Waals surface area contributed by atoms with Crippen molar-refractivity contribution in [2.45, 2.75) is 26.7 Å². The summed E-state index contributed by atoms with van der Waals surface area (Å²) in [5, 5.41) is 3.34. The van der Waals surface area contributed by atoms with Gasteiger partial charge in [0.15, 0.2) is 0 Å². The van der Waals surface area contributed by atoms with Crippen molar-refractivity contribution in [1.82, 2.24) is 5.32 Å². The molecule has 0 saturated heterocycles. The monoisotopic (exact) mass is 247 g/mol. The van der Waals surface area contributed by atoms with Crippen LogP contribution in [0.4, 0.5) is 0 Å². The molecule has 0 fully saturated rings. The molecular formula is C16H25NO. The highest BCUT2D eigenvalue weighted by atomic mass is 16.5. The van der Waals surface area contributed by atoms with E-state index < -0.39 is 0 Å². The normalized spacial score (nSPS) is 11.8. The fraction of sp³-hybridized carbons (Fsp3) is 0.500. The summed E-state index contributed by atoms with van der Waals surface area (Å²) >= 11 is 0. The van der Waals surface area contributed by atoms with Crippen molar-refractivity contribution in [3.8, 4) is 0 Å². The van der Waals surface area contributed by atoms with E-state index in [2.05, 4.69) is 49.5 Å². The van der Waals surface area contributed by atoms with Crippen LogP contribution in [-0.2, 0) is 11.2 Å². The summed E-state index contributed by atoms with van der Waals surface area (Å²) in [6.45, 7) is 7.07. The van der Waals surface area contributed by atoms with Gasteiger partial charge in [0.2, 0.25) is 0 Å². The van der Waals surface area contributed by atoms with Crippen LogP contribution < -0.4 is 5.32 Å². The van der Waals surface area contributed by atoms with E-state index in [-0.39, 0.29) is 0 Å². The molecule has 0 aromatic heterocycles. The fourth-order valence-electron chi connectivity index (χ4n) is 1.81. The van der Waals surface area contributed by atoms with Crippen LogP contribution in [-0.4, -0.2) is 26.8 Å². The number of benzene rings is 1. The van der Waals surface area contributed by atoms with Gasteiger partial charge < -0.3 is 10.1 Å². The molecule has 0 aliphatic heterocycles. The van der Waals surface area contributed by atoms with Crippen LogP contribution in [0.25, 0.3) is 5.57 Å². The summed E-state index contributed by atoms with van der Waals surface area (Å²) < 4.78 is 4.98. The summed E-state index contributed by atoms with van der Waals surface area (Å²) in [5.41, 5.74) is 4.07. The Morgan fingerprint density at radius 1 is 1.22 bits per heavy atom. The van der Waals surface area contributed by atoms with Gasteiger partial charge in [-0.2, -0.15) is 0 Å². The number of ether oxygens (including phenoxy) is 1. The van der Waals surface area contributed by atoms with Crippen molar-refractivity contribution < 1.29 is 4.74 Å². The highest BCUT2D eigenvalue weighted by molar-refractivity contribution is 5.63. The number of aryl methyl sites for hydroxylation is 1. The van der Waals surface area contributed by atoms with E-state index in [0.29, 0.717) is 0 Å². The number of rotatable bonds is 8. The molecule has 1 rings (SSSR count). The number of hydrogen-bond acceptors (Lipinski definition) is 2. The van der Waals surface area contributed by atoms with Gasteiger partial charge in [0.1, 0.15) is 0 Å². The molecular weight excluding hydrogens is 222 g/mol. The van der Waals surface area contributed by atoms with E-state index in [1.165, 1.54) is 16.7 Å². The van der Waals surface area contributed by atoms with E-state index >= 15 is 0 Å². The van der Waals surface area contributed by atoms with E-state index in [0.717, 1.165) is 32.5 Å². The van der Waals surface area contributed by atoms with Crippen LogP contribution in [0.1, 0.15) is 31.4 Å². The first kappa shape index (κ1) is 14.9. The predicted molar refractivity (Wildman–Crippen MR) is 78.8 cm³/mol.